The second kappa shape index (κ2) is 8.05. The van der Waals surface area contributed by atoms with E-state index in [1.165, 1.54) is 0 Å². The lowest BCUT2D eigenvalue weighted by Gasteiger charge is -2.21. The summed E-state index contributed by atoms with van der Waals surface area (Å²) in [6.45, 7) is 8.42. The van der Waals surface area contributed by atoms with Gasteiger partial charge in [0.2, 0.25) is 0 Å². The van der Waals surface area contributed by atoms with Crippen molar-refractivity contribution >= 4 is 17.3 Å². The van der Waals surface area contributed by atoms with Gasteiger partial charge in [-0.05, 0) is 6.92 Å². The van der Waals surface area contributed by atoms with Gasteiger partial charge in [0.1, 0.15) is 12.2 Å². The van der Waals surface area contributed by atoms with Gasteiger partial charge in [0.15, 0.2) is 5.96 Å². The Hall–Kier alpha value is -1.96. The Balaban J connectivity index is 2.05. The van der Waals surface area contributed by atoms with Crippen LogP contribution in [0.4, 0.5) is 0 Å². The molecular weight excluding hydrogens is 310 g/mol. The summed E-state index contributed by atoms with van der Waals surface area (Å²) < 4.78 is 1.77. The number of hydrogen-bond donors (Lipinski definition) is 1. The Kier molecular flexibility index (Phi) is 6.09. The van der Waals surface area contributed by atoms with Crippen molar-refractivity contribution in [2.75, 3.05) is 13.6 Å². The van der Waals surface area contributed by atoms with Gasteiger partial charge in [0.05, 0.1) is 23.8 Å². The van der Waals surface area contributed by atoms with E-state index in [-0.39, 0.29) is 0 Å². The van der Waals surface area contributed by atoms with E-state index in [2.05, 4.69) is 51.5 Å². The lowest BCUT2D eigenvalue weighted by molar-refractivity contribution is 0.448. The van der Waals surface area contributed by atoms with Crippen LogP contribution in [-0.2, 0) is 20.1 Å². The average molecular weight is 335 g/mol. The Morgan fingerprint density at radius 3 is 2.83 bits per heavy atom. The number of rotatable bonds is 6. The molecule has 0 fully saturated rings. The SMILES string of the molecule is CCNC(=NCc1csc(C(C)C)n1)N(C)Cc1ncnn1C. The average Bonchev–Trinajstić information content (AvgIpc) is 3.13. The van der Waals surface area contributed by atoms with Crippen molar-refractivity contribution in [3.05, 3.63) is 28.2 Å². The van der Waals surface area contributed by atoms with Crippen LogP contribution >= 0.6 is 11.3 Å². The molecule has 0 saturated heterocycles. The van der Waals surface area contributed by atoms with Crippen molar-refractivity contribution in [2.24, 2.45) is 12.0 Å². The normalized spacial score (nSPS) is 12.0. The highest BCUT2D eigenvalue weighted by Crippen LogP contribution is 2.19. The predicted octanol–water partition coefficient (Wildman–Crippen LogP) is 1.99. The number of guanidine groups is 1. The van der Waals surface area contributed by atoms with E-state index in [0.29, 0.717) is 19.0 Å². The van der Waals surface area contributed by atoms with Crippen molar-refractivity contribution < 1.29 is 0 Å². The molecule has 2 heterocycles. The maximum atomic E-state index is 4.68. The molecule has 7 nitrogen and oxygen atoms in total. The topological polar surface area (TPSA) is 71.2 Å². The second-order valence-electron chi connectivity index (χ2n) is 5.66. The number of nitrogens with zero attached hydrogens (tertiary/aromatic N) is 6. The van der Waals surface area contributed by atoms with Gasteiger partial charge in [-0.2, -0.15) is 5.10 Å². The first-order chi connectivity index (χ1) is 11.0. The van der Waals surface area contributed by atoms with Gasteiger partial charge in [-0.25, -0.2) is 15.0 Å². The summed E-state index contributed by atoms with van der Waals surface area (Å²) in [5.41, 5.74) is 1.01. The van der Waals surface area contributed by atoms with Crippen molar-refractivity contribution in [1.29, 1.82) is 0 Å². The Bertz CT molecular complexity index is 644. The Morgan fingerprint density at radius 2 is 2.26 bits per heavy atom. The van der Waals surface area contributed by atoms with E-state index in [1.54, 1.807) is 22.3 Å². The fraction of sp³-hybridized carbons (Fsp3) is 0.600. The van der Waals surface area contributed by atoms with E-state index in [1.807, 2.05) is 19.0 Å². The molecule has 0 amide bonds. The quantitative estimate of drug-likeness (QED) is 0.646. The maximum absolute atomic E-state index is 4.68. The maximum Gasteiger partial charge on any atom is 0.194 e. The van der Waals surface area contributed by atoms with Gasteiger partial charge in [-0.15, -0.1) is 11.3 Å². The Morgan fingerprint density at radius 1 is 1.48 bits per heavy atom. The third-order valence-corrected chi connectivity index (χ3v) is 4.53. The fourth-order valence-electron chi connectivity index (χ4n) is 2.04. The first kappa shape index (κ1) is 17.4. The monoisotopic (exact) mass is 335 g/mol. The van der Waals surface area contributed by atoms with E-state index in [9.17, 15) is 0 Å². The first-order valence-corrected chi connectivity index (χ1v) is 8.65. The summed E-state index contributed by atoms with van der Waals surface area (Å²) in [5.74, 6) is 2.20. The second-order valence-corrected chi connectivity index (χ2v) is 6.55. The standard InChI is InChI=1S/C15H25N7S/c1-6-16-15(21(4)8-13-18-10-19-22(13)5)17-7-12-9-23-14(20-12)11(2)3/h9-11H,6-8H2,1-5H3,(H,16,17). The highest BCUT2D eigenvalue weighted by atomic mass is 32.1. The predicted molar refractivity (Wildman–Crippen MR) is 93.5 cm³/mol. The van der Waals surface area contributed by atoms with E-state index < -0.39 is 0 Å². The van der Waals surface area contributed by atoms with Gasteiger partial charge < -0.3 is 10.2 Å². The fourth-order valence-corrected chi connectivity index (χ4v) is 2.86. The van der Waals surface area contributed by atoms with Crippen LogP contribution in [0.15, 0.2) is 16.7 Å². The molecular formula is C15H25N7S. The summed E-state index contributed by atoms with van der Waals surface area (Å²) in [4.78, 5) is 15.6. The van der Waals surface area contributed by atoms with Crippen LogP contribution < -0.4 is 5.32 Å². The molecule has 0 aliphatic heterocycles. The molecule has 23 heavy (non-hydrogen) atoms. The molecule has 0 unspecified atom stereocenters. The van der Waals surface area contributed by atoms with Gasteiger partial charge in [-0.1, -0.05) is 13.8 Å². The van der Waals surface area contributed by atoms with Crippen molar-refractivity contribution in [3.8, 4) is 0 Å². The number of aliphatic imine (C=N–C) groups is 1. The molecule has 126 valence electrons. The minimum Gasteiger partial charge on any atom is -0.357 e. The molecule has 0 spiro atoms. The molecule has 0 aliphatic carbocycles. The molecule has 0 radical (unpaired) electrons. The lowest BCUT2D eigenvalue weighted by atomic mass is 10.2. The van der Waals surface area contributed by atoms with Crippen molar-refractivity contribution in [1.82, 2.24) is 30.0 Å². The summed E-state index contributed by atoms with van der Waals surface area (Å²) in [5, 5.41) is 10.7. The number of thiazole rings is 1. The highest BCUT2D eigenvalue weighted by Gasteiger charge is 2.11. The molecule has 2 aromatic rings. The largest absolute Gasteiger partial charge is 0.357 e. The molecule has 0 bridgehead atoms. The summed E-state index contributed by atoms with van der Waals surface area (Å²) >= 11 is 1.70. The zero-order valence-corrected chi connectivity index (χ0v) is 15.3. The van der Waals surface area contributed by atoms with Gasteiger partial charge in [-0.3, -0.25) is 4.68 Å². The number of aryl methyl sites for hydroxylation is 1. The molecule has 0 aromatic carbocycles. The molecule has 2 aromatic heterocycles. The molecule has 0 aliphatic rings. The van der Waals surface area contributed by atoms with Gasteiger partial charge in [0.25, 0.3) is 0 Å². The zero-order chi connectivity index (χ0) is 16.8. The van der Waals surface area contributed by atoms with Crippen LogP contribution in [0.5, 0.6) is 0 Å². The summed E-state index contributed by atoms with van der Waals surface area (Å²) in [6, 6.07) is 0. The molecule has 0 atom stereocenters. The molecule has 1 N–H and O–H groups in total. The van der Waals surface area contributed by atoms with Crippen LogP contribution in [0.3, 0.4) is 0 Å². The summed E-state index contributed by atoms with van der Waals surface area (Å²) in [7, 11) is 3.89. The molecule has 2 rings (SSSR count). The number of hydrogen-bond acceptors (Lipinski definition) is 5. The van der Waals surface area contributed by atoms with Crippen molar-refractivity contribution in [3.63, 3.8) is 0 Å². The number of aromatic nitrogens is 4. The minimum absolute atomic E-state index is 0.463. The van der Waals surface area contributed by atoms with Crippen LogP contribution in [0.1, 0.15) is 43.2 Å². The third kappa shape index (κ3) is 4.75. The van der Waals surface area contributed by atoms with Crippen LogP contribution in [0.2, 0.25) is 0 Å². The van der Waals surface area contributed by atoms with Crippen molar-refractivity contribution in [2.45, 2.75) is 39.8 Å². The molecule has 0 saturated carbocycles. The number of nitrogens with one attached hydrogen (secondary N) is 1. The van der Waals surface area contributed by atoms with E-state index in [4.69, 9.17) is 0 Å². The summed E-state index contributed by atoms with van der Waals surface area (Å²) in [6.07, 6.45) is 1.57. The van der Waals surface area contributed by atoms with E-state index >= 15 is 0 Å². The highest BCUT2D eigenvalue weighted by molar-refractivity contribution is 7.09. The van der Waals surface area contributed by atoms with E-state index in [0.717, 1.165) is 29.0 Å². The first-order valence-electron chi connectivity index (χ1n) is 7.77. The third-order valence-electron chi connectivity index (χ3n) is 3.33. The van der Waals surface area contributed by atoms with Crippen LogP contribution in [0, 0.1) is 0 Å². The smallest absolute Gasteiger partial charge is 0.194 e. The van der Waals surface area contributed by atoms with Gasteiger partial charge in [0, 0.05) is 31.9 Å². The van der Waals surface area contributed by atoms with Crippen LogP contribution in [0.25, 0.3) is 0 Å². The van der Waals surface area contributed by atoms with Crippen LogP contribution in [-0.4, -0.2) is 44.2 Å². The zero-order valence-electron chi connectivity index (χ0n) is 14.4. The van der Waals surface area contributed by atoms with Gasteiger partial charge >= 0.3 is 0 Å². The Labute approximate surface area is 141 Å². The lowest BCUT2D eigenvalue weighted by Crippen LogP contribution is -2.39. The minimum atomic E-state index is 0.463. The molecule has 8 heteroatoms.